The third kappa shape index (κ3) is 2.67. The molecule has 0 aliphatic heterocycles. The Bertz CT molecular complexity index is 269. The first-order valence-electron chi connectivity index (χ1n) is 4.73. The van der Waals surface area contributed by atoms with Gasteiger partial charge in [0.05, 0.1) is 0 Å². The Hall–Kier alpha value is -0.610. The zero-order chi connectivity index (χ0) is 9.90. The molecule has 0 saturated heterocycles. The molecule has 0 fully saturated rings. The Morgan fingerprint density at radius 1 is 1.15 bits per heavy atom. The molecular formula is C12H19P. The summed E-state index contributed by atoms with van der Waals surface area (Å²) in [4.78, 5) is 0. The van der Waals surface area contributed by atoms with Gasteiger partial charge >= 0.3 is 81.5 Å². The van der Waals surface area contributed by atoms with E-state index in [1.165, 1.54) is 5.56 Å². The van der Waals surface area contributed by atoms with Crippen molar-refractivity contribution in [3.05, 3.63) is 48.6 Å². The van der Waals surface area contributed by atoms with E-state index < -0.39 is 7.26 Å². The Balaban J connectivity index is 2.99. The van der Waals surface area contributed by atoms with E-state index >= 15 is 0 Å². The van der Waals surface area contributed by atoms with Gasteiger partial charge in [-0.25, -0.2) is 0 Å². The van der Waals surface area contributed by atoms with Crippen molar-refractivity contribution in [1.29, 1.82) is 0 Å². The van der Waals surface area contributed by atoms with Gasteiger partial charge in [0.2, 0.25) is 0 Å². The van der Waals surface area contributed by atoms with E-state index in [1.54, 1.807) is 0 Å². The Labute approximate surface area is 82.0 Å². The van der Waals surface area contributed by atoms with Crippen molar-refractivity contribution in [2.45, 2.75) is 5.66 Å². The van der Waals surface area contributed by atoms with E-state index in [1.807, 2.05) is 0 Å². The van der Waals surface area contributed by atoms with Crippen molar-refractivity contribution in [1.82, 2.24) is 0 Å². The van der Waals surface area contributed by atoms with Gasteiger partial charge in [0.25, 0.3) is 0 Å². The van der Waals surface area contributed by atoms with Crippen molar-refractivity contribution in [3.8, 4) is 0 Å². The predicted molar refractivity (Wildman–Crippen MR) is 65.5 cm³/mol. The minimum absolute atomic E-state index is 0.578. The molecule has 0 N–H and O–H groups in total. The van der Waals surface area contributed by atoms with Crippen molar-refractivity contribution in [2.24, 2.45) is 0 Å². The summed E-state index contributed by atoms with van der Waals surface area (Å²) in [5, 5.41) is 0. The van der Waals surface area contributed by atoms with Crippen LogP contribution in [0.1, 0.15) is 11.2 Å². The van der Waals surface area contributed by atoms with E-state index in [0.717, 1.165) is 0 Å². The normalized spacial score (nSPS) is 15.0. The van der Waals surface area contributed by atoms with Crippen LogP contribution < -0.4 is 0 Å². The fraction of sp³-hybridized carbons (Fsp3) is 0.333. The molecule has 1 heteroatoms. The summed E-state index contributed by atoms with van der Waals surface area (Å²) in [5.74, 6) is 0. The molecule has 72 valence electrons. The van der Waals surface area contributed by atoms with Gasteiger partial charge in [-0.1, -0.05) is 0 Å². The third-order valence-corrected chi connectivity index (χ3v) is 4.76. The quantitative estimate of drug-likeness (QED) is 0.510. The molecule has 1 aromatic carbocycles. The van der Waals surface area contributed by atoms with Gasteiger partial charge in [0.15, 0.2) is 0 Å². The van der Waals surface area contributed by atoms with Crippen LogP contribution in [0.4, 0.5) is 0 Å². The van der Waals surface area contributed by atoms with Crippen LogP contribution in [0.3, 0.4) is 0 Å². The standard InChI is InChI=1S/C12H19P/c1-5-12(13(2,3)4)11-9-7-6-8-10-11/h5-10,12-13H,1H2,2-4H3. The second kappa shape index (κ2) is 4.07. The van der Waals surface area contributed by atoms with E-state index in [2.05, 4.69) is 63.0 Å². The van der Waals surface area contributed by atoms with E-state index in [-0.39, 0.29) is 0 Å². The van der Waals surface area contributed by atoms with Gasteiger partial charge in [-0.15, -0.1) is 0 Å². The molecule has 1 rings (SSSR count). The molecule has 1 aromatic rings. The first kappa shape index (κ1) is 10.5. The van der Waals surface area contributed by atoms with Crippen molar-refractivity contribution < 1.29 is 0 Å². The molecule has 0 aliphatic carbocycles. The predicted octanol–water partition coefficient (Wildman–Crippen LogP) is 3.55. The summed E-state index contributed by atoms with van der Waals surface area (Å²) >= 11 is 0. The molecule has 0 aromatic heterocycles. The van der Waals surface area contributed by atoms with Gasteiger partial charge in [0.1, 0.15) is 0 Å². The van der Waals surface area contributed by atoms with Crippen molar-refractivity contribution in [2.75, 3.05) is 20.0 Å². The number of hydrogen-bond donors (Lipinski definition) is 0. The number of rotatable bonds is 3. The first-order chi connectivity index (χ1) is 6.05. The minimum atomic E-state index is -1.15. The van der Waals surface area contributed by atoms with E-state index in [4.69, 9.17) is 0 Å². The zero-order valence-corrected chi connectivity index (χ0v) is 9.75. The molecule has 0 amide bonds. The van der Waals surface area contributed by atoms with Crippen LogP contribution in [-0.2, 0) is 0 Å². The number of benzene rings is 1. The number of hydrogen-bond acceptors (Lipinski definition) is 0. The summed E-state index contributed by atoms with van der Waals surface area (Å²) in [6.45, 7) is 11.1. The maximum atomic E-state index is 3.94. The molecule has 13 heavy (non-hydrogen) atoms. The molecule has 0 spiro atoms. The van der Waals surface area contributed by atoms with Gasteiger partial charge < -0.3 is 0 Å². The molecule has 1 unspecified atom stereocenters. The van der Waals surface area contributed by atoms with Crippen LogP contribution in [0.25, 0.3) is 0 Å². The molecule has 0 bridgehead atoms. The number of allylic oxidation sites excluding steroid dienone is 1. The second-order valence-electron chi connectivity index (χ2n) is 4.49. The fourth-order valence-electron chi connectivity index (χ4n) is 1.65. The van der Waals surface area contributed by atoms with Crippen LogP contribution in [0, 0.1) is 0 Å². The Morgan fingerprint density at radius 3 is 2.08 bits per heavy atom. The topological polar surface area (TPSA) is 0 Å². The third-order valence-electron chi connectivity index (χ3n) is 2.33. The molecule has 0 saturated carbocycles. The summed E-state index contributed by atoms with van der Waals surface area (Å²) in [6.07, 6.45) is 2.10. The molecule has 1 atom stereocenters. The van der Waals surface area contributed by atoms with Gasteiger partial charge in [0, 0.05) is 0 Å². The van der Waals surface area contributed by atoms with Crippen molar-refractivity contribution in [3.63, 3.8) is 0 Å². The summed E-state index contributed by atoms with van der Waals surface area (Å²) < 4.78 is 0. The maximum absolute atomic E-state index is 3.94. The van der Waals surface area contributed by atoms with Crippen LogP contribution in [0.2, 0.25) is 0 Å². The Morgan fingerprint density at radius 2 is 1.69 bits per heavy atom. The van der Waals surface area contributed by atoms with Gasteiger partial charge in [-0.2, -0.15) is 0 Å². The summed E-state index contributed by atoms with van der Waals surface area (Å²) in [7, 11) is -1.15. The van der Waals surface area contributed by atoms with Crippen LogP contribution in [-0.4, -0.2) is 20.0 Å². The SMILES string of the molecule is C=CC(c1ccccc1)[PH](C)(C)C. The van der Waals surface area contributed by atoms with Crippen LogP contribution in [0.15, 0.2) is 43.0 Å². The average molecular weight is 194 g/mol. The molecule has 0 heterocycles. The van der Waals surface area contributed by atoms with Crippen molar-refractivity contribution >= 4 is 7.26 Å². The van der Waals surface area contributed by atoms with Crippen LogP contribution in [0.5, 0.6) is 0 Å². The van der Waals surface area contributed by atoms with E-state index in [0.29, 0.717) is 5.66 Å². The molecule has 0 aliphatic rings. The summed E-state index contributed by atoms with van der Waals surface area (Å²) in [5.41, 5.74) is 1.99. The summed E-state index contributed by atoms with van der Waals surface area (Å²) in [6, 6.07) is 10.7. The molecular weight excluding hydrogens is 175 g/mol. The second-order valence-corrected chi connectivity index (χ2v) is 9.84. The van der Waals surface area contributed by atoms with Gasteiger partial charge in [-0.05, 0) is 0 Å². The van der Waals surface area contributed by atoms with Crippen LogP contribution >= 0.6 is 7.26 Å². The van der Waals surface area contributed by atoms with Gasteiger partial charge in [-0.3, -0.25) is 0 Å². The Kier molecular flexibility index (Phi) is 3.27. The molecule has 0 nitrogen and oxygen atoms in total. The first-order valence-corrected chi connectivity index (χ1v) is 8.31. The van der Waals surface area contributed by atoms with E-state index in [9.17, 15) is 0 Å². The average Bonchev–Trinajstić information content (AvgIpc) is 2.05. The monoisotopic (exact) mass is 194 g/mol. The molecule has 0 radical (unpaired) electrons. The zero-order valence-electron chi connectivity index (χ0n) is 8.75. The fourth-order valence-corrected chi connectivity index (χ4v) is 3.55.